The Bertz CT molecular complexity index is 3070. The summed E-state index contributed by atoms with van der Waals surface area (Å²) in [6.45, 7) is 0. The first-order valence-electron chi connectivity index (χ1n) is 17.0. The standard InChI is InChI=1S/C45H27N3O2S/c1-2-11-26(12-3-1)43-46-44(48-45(47-43)35-20-9-15-30-28-13-4-6-21-37(28)49-41(30)35)27-23-24-38-36(25-27)32-17-8-16-31(40(32)50-38)34-19-10-18-33-29-14-5-7-22-39(29)51-42(33)34/h1-25,43H,(H,46,47,48). The highest BCUT2D eigenvalue weighted by Gasteiger charge is 2.24. The number of hydrogen-bond donors (Lipinski definition) is 1. The zero-order valence-electron chi connectivity index (χ0n) is 27.1. The topological polar surface area (TPSA) is 63.0 Å². The Morgan fingerprint density at radius 2 is 1.16 bits per heavy atom. The molecule has 1 N–H and O–H groups in total. The largest absolute Gasteiger partial charge is 0.455 e. The number of rotatable bonds is 4. The van der Waals surface area contributed by atoms with E-state index in [0.29, 0.717) is 5.84 Å². The summed E-state index contributed by atoms with van der Waals surface area (Å²) >= 11 is 1.83. The van der Waals surface area contributed by atoms with Gasteiger partial charge < -0.3 is 14.2 Å². The minimum atomic E-state index is -0.335. The van der Waals surface area contributed by atoms with Crippen LogP contribution in [0.1, 0.15) is 22.9 Å². The van der Waals surface area contributed by atoms with Gasteiger partial charge in [0.1, 0.15) is 34.3 Å². The molecule has 0 saturated heterocycles. The molecule has 4 heterocycles. The van der Waals surface area contributed by atoms with Crippen molar-refractivity contribution in [3.8, 4) is 11.1 Å². The van der Waals surface area contributed by atoms with Gasteiger partial charge in [-0.3, -0.25) is 0 Å². The SMILES string of the molecule is c1ccc(C2N=C(c3cccc4c3oc3ccccc34)N=C(c3ccc4oc5c(-c6cccc7c6sc6ccccc67)cccc5c4c3)N2)cc1. The number of nitrogens with zero attached hydrogens (tertiary/aromatic N) is 2. The minimum Gasteiger partial charge on any atom is -0.455 e. The molecule has 240 valence electrons. The molecule has 0 spiro atoms. The number of thiophene rings is 1. The van der Waals surface area contributed by atoms with Crippen molar-refractivity contribution >= 4 is 87.1 Å². The van der Waals surface area contributed by atoms with Gasteiger partial charge in [-0.25, -0.2) is 9.98 Å². The molecule has 0 bridgehead atoms. The number of aliphatic imine (C=N–C) groups is 2. The zero-order valence-corrected chi connectivity index (χ0v) is 27.9. The lowest BCUT2D eigenvalue weighted by Crippen LogP contribution is -2.33. The van der Waals surface area contributed by atoms with E-state index in [1.807, 2.05) is 53.8 Å². The fourth-order valence-electron chi connectivity index (χ4n) is 7.56. The highest BCUT2D eigenvalue weighted by atomic mass is 32.1. The van der Waals surface area contributed by atoms with Crippen LogP contribution < -0.4 is 5.32 Å². The molecule has 3 aromatic heterocycles. The third kappa shape index (κ3) is 4.40. The molecule has 11 rings (SSSR count). The number of nitrogens with one attached hydrogen (secondary N) is 1. The minimum absolute atomic E-state index is 0.335. The van der Waals surface area contributed by atoms with Gasteiger partial charge in [0.25, 0.3) is 0 Å². The van der Waals surface area contributed by atoms with Gasteiger partial charge in [0.05, 0.1) is 5.56 Å². The highest BCUT2D eigenvalue weighted by Crippen LogP contribution is 2.43. The molecule has 5 nitrogen and oxygen atoms in total. The molecule has 1 aliphatic rings. The Balaban J connectivity index is 1.07. The lowest BCUT2D eigenvalue weighted by Gasteiger charge is -2.23. The molecular formula is C45H27N3O2S. The number of furan rings is 2. The van der Waals surface area contributed by atoms with E-state index in [2.05, 4.69) is 115 Å². The van der Waals surface area contributed by atoms with Crippen molar-refractivity contribution < 1.29 is 8.83 Å². The maximum absolute atomic E-state index is 6.67. The van der Waals surface area contributed by atoms with Crippen LogP contribution in [-0.4, -0.2) is 11.7 Å². The zero-order chi connectivity index (χ0) is 33.5. The van der Waals surface area contributed by atoms with Crippen LogP contribution in [0.2, 0.25) is 0 Å². The fraction of sp³-hybridized carbons (Fsp3) is 0.0222. The Hall–Kier alpha value is -6.50. The summed E-state index contributed by atoms with van der Waals surface area (Å²) in [6.07, 6.45) is -0.335. The van der Waals surface area contributed by atoms with Crippen LogP contribution in [0.3, 0.4) is 0 Å². The normalized spacial score (nSPS) is 14.9. The summed E-state index contributed by atoms with van der Waals surface area (Å²) in [5.74, 6) is 1.36. The van der Waals surface area contributed by atoms with E-state index in [1.54, 1.807) is 0 Å². The molecule has 0 aliphatic carbocycles. The van der Waals surface area contributed by atoms with Crippen molar-refractivity contribution in [1.82, 2.24) is 5.32 Å². The van der Waals surface area contributed by atoms with Gasteiger partial charge in [-0.1, -0.05) is 115 Å². The number of para-hydroxylation sites is 3. The van der Waals surface area contributed by atoms with Crippen LogP contribution in [0.15, 0.2) is 170 Å². The van der Waals surface area contributed by atoms with Gasteiger partial charge >= 0.3 is 0 Å². The molecular weight excluding hydrogens is 647 g/mol. The van der Waals surface area contributed by atoms with Gasteiger partial charge in [0.2, 0.25) is 0 Å². The first kappa shape index (κ1) is 28.3. The molecule has 51 heavy (non-hydrogen) atoms. The predicted molar refractivity (Wildman–Crippen MR) is 211 cm³/mol. The van der Waals surface area contributed by atoms with Crippen LogP contribution in [0.25, 0.3) is 75.2 Å². The first-order valence-corrected chi connectivity index (χ1v) is 17.8. The number of amidine groups is 2. The quantitative estimate of drug-likeness (QED) is 0.202. The second-order valence-corrected chi connectivity index (χ2v) is 14.0. The molecule has 0 saturated carbocycles. The van der Waals surface area contributed by atoms with Crippen molar-refractivity contribution in [2.45, 2.75) is 6.17 Å². The number of hydrogen-bond acceptors (Lipinski definition) is 6. The second kappa shape index (κ2) is 11.0. The Morgan fingerprint density at radius 3 is 2.02 bits per heavy atom. The molecule has 1 aliphatic heterocycles. The Morgan fingerprint density at radius 1 is 0.510 bits per heavy atom. The van der Waals surface area contributed by atoms with Crippen molar-refractivity contribution in [3.05, 3.63) is 168 Å². The molecule has 10 aromatic rings. The van der Waals surface area contributed by atoms with E-state index < -0.39 is 0 Å². The smallest absolute Gasteiger partial charge is 0.163 e. The Kier molecular flexibility index (Phi) is 6.12. The summed E-state index contributed by atoms with van der Waals surface area (Å²) in [5.41, 5.74) is 8.48. The molecule has 0 radical (unpaired) electrons. The average Bonchev–Trinajstić information content (AvgIpc) is 3.89. The first-order chi connectivity index (χ1) is 25.3. The summed E-state index contributed by atoms with van der Waals surface area (Å²) in [6, 6.07) is 52.6. The van der Waals surface area contributed by atoms with Gasteiger partial charge in [-0.05, 0) is 42.0 Å². The third-order valence-corrected chi connectivity index (χ3v) is 11.2. The van der Waals surface area contributed by atoms with Crippen LogP contribution in [0.5, 0.6) is 0 Å². The number of fused-ring (bicyclic) bond motifs is 9. The molecule has 0 amide bonds. The van der Waals surface area contributed by atoms with Crippen molar-refractivity contribution in [3.63, 3.8) is 0 Å². The summed E-state index contributed by atoms with van der Waals surface area (Å²) in [7, 11) is 0. The van der Waals surface area contributed by atoms with E-state index in [4.69, 9.17) is 18.8 Å². The highest BCUT2D eigenvalue weighted by molar-refractivity contribution is 7.26. The van der Waals surface area contributed by atoms with Crippen molar-refractivity contribution in [1.29, 1.82) is 0 Å². The molecule has 7 aromatic carbocycles. The van der Waals surface area contributed by atoms with Gasteiger partial charge in [0, 0.05) is 58.4 Å². The van der Waals surface area contributed by atoms with E-state index in [0.717, 1.165) is 72.0 Å². The van der Waals surface area contributed by atoms with E-state index in [9.17, 15) is 0 Å². The van der Waals surface area contributed by atoms with Gasteiger partial charge in [-0.15, -0.1) is 11.3 Å². The van der Waals surface area contributed by atoms with Crippen molar-refractivity contribution in [2.75, 3.05) is 0 Å². The van der Waals surface area contributed by atoms with Crippen LogP contribution in [0, 0.1) is 0 Å². The van der Waals surface area contributed by atoms with Crippen LogP contribution in [-0.2, 0) is 0 Å². The molecule has 6 heteroatoms. The van der Waals surface area contributed by atoms with Crippen LogP contribution >= 0.6 is 11.3 Å². The summed E-state index contributed by atoms with van der Waals surface area (Å²) < 4.78 is 15.7. The lowest BCUT2D eigenvalue weighted by molar-refractivity contribution is 0.663. The van der Waals surface area contributed by atoms with Gasteiger partial charge in [-0.2, -0.15) is 0 Å². The van der Waals surface area contributed by atoms with E-state index in [-0.39, 0.29) is 6.17 Å². The Labute approximate surface area is 295 Å². The summed E-state index contributed by atoms with van der Waals surface area (Å²) in [5, 5.41) is 10.4. The van der Waals surface area contributed by atoms with Crippen molar-refractivity contribution in [2.24, 2.45) is 9.98 Å². The third-order valence-electron chi connectivity index (χ3n) is 9.97. The van der Waals surface area contributed by atoms with E-state index >= 15 is 0 Å². The fourth-order valence-corrected chi connectivity index (χ4v) is 8.79. The molecule has 1 atom stereocenters. The van der Waals surface area contributed by atoms with Gasteiger partial charge in [0.15, 0.2) is 5.84 Å². The maximum atomic E-state index is 6.67. The summed E-state index contributed by atoms with van der Waals surface area (Å²) in [4.78, 5) is 10.3. The maximum Gasteiger partial charge on any atom is 0.163 e. The van der Waals surface area contributed by atoms with Crippen LogP contribution in [0.4, 0.5) is 0 Å². The monoisotopic (exact) mass is 673 g/mol. The van der Waals surface area contributed by atoms with E-state index in [1.165, 1.54) is 25.7 Å². The molecule has 1 unspecified atom stereocenters. The number of benzene rings is 7. The molecule has 0 fully saturated rings. The second-order valence-electron chi connectivity index (χ2n) is 12.9. The predicted octanol–water partition coefficient (Wildman–Crippen LogP) is 12.0. The average molecular weight is 674 g/mol. The lowest BCUT2D eigenvalue weighted by atomic mass is 10.00.